The van der Waals surface area contributed by atoms with Crippen molar-refractivity contribution in [1.29, 1.82) is 0 Å². The van der Waals surface area contributed by atoms with Gasteiger partial charge in [-0.25, -0.2) is 8.42 Å². The minimum atomic E-state index is -2.82. The van der Waals surface area contributed by atoms with Crippen LogP contribution in [0.4, 0.5) is 0 Å². The molecule has 0 spiro atoms. The van der Waals surface area contributed by atoms with Crippen LogP contribution >= 0.6 is 0 Å². The Labute approximate surface area is 107 Å². The maximum Gasteiger partial charge on any atom is 0.164 e. The van der Waals surface area contributed by atoms with E-state index in [1.807, 2.05) is 18.2 Å². The standard InChI is InChI=1S/C13H16O4S/c14-18(15)7-5-10(9-18)8-17-12-3-1-2-11-4-6-16-13(11)12/h1-3,10H,4-9H2. The number of rotatable bonds is 3. The first kappa shape index (κ1) is 11.8. The lowest BCUT2D eigenvalue weighted by molar-refractivity contribution is 0.247. The Morgan fingerprint density at radius 3 is 3.06 bits per heavy atom. The fraction of sp³-hybridized carbons (Fsp3) is 0.538. The first-order chi connectivity index (χ1) is 8.64. The fourth-order valence-corrected chi connectivity index (χ4v) is 4.35. The predicted molar refractivity (Wildman–Crippen MR) is 67.9 cm³/mol. The van der Waals surface area contributed by atoms with Crippen LogP contribution in [0.5, 0.6) is 11.5 Å². The van der Waals surface area contributed by atoms with Crippen molar-refractivity contribution >= 4 is 9.84 Å². The van der Waals surface area contributed by atoms with E-state index >= 15 is 0 Å². The number of hydrogen-bond acceptors (Lipinski definition) is 4. The van der Waals surface area contributed by atoms with Crippen LogP contribution in [-0.2, 0) is 16.3 Å². The van der Waals surface area contributed by atoms with Crippen molar-refractivity contribution in [2.75, 3.05) is 24.7 Å². The van der Waals surface area contributed by atoms with E-state index in [9.17, 15) is 8.42 Å². The summed E-state index contributed by atoms with van der Waals surface area (Å²) in [6.45, 7) is 1.16. The zero-order valence-electron chi connectivity index (χ0n) is 10.1. The lowest BCUT2D eigenvalue weighted by atomic mass is 10.1. The Morgan fingerprint density at radius 1 is 1.39 bits per heavy atom. The molecule has 3 rings (SSSR count). The van der Waals surface area contributed by atoms with Crippen LogP contribution in [0.2, 0.25) is 0 Å². The van der Waals surface area contributed by atoms with E-state index in [4.69, 9.17) is 9.47 Å². The normalized spacial score (nSPS) is 24.6. The highest BCUT2D eigenvalue weighted by molar-refractivity contribution is 7.91. The van der Waals surface area contributed by atoms with E-state index in [0.717, 1.165) is 17.9 Å². The Bertz CT molecular complexity index is 550. The van der Waals surface area contributed by atoms with E-state index in [1.165, 1.54) is 5.56 Å². The summed E-state index contributed by atoms with van der Waals surface area (Å²) < 4.78 is 34.0. The third-order valence-corrected chi connectivity index (χ3v) is 5.32. The van der Waals surface area contributed by atoms with Crippen LogP contribution < -0.4 is 9.47 Å². The third kappa shape index (κ3) is 2.32. The Morgan fingerprint density at radius 2 is 2.28 bits per heavy atom. The van der Waals surface area contributed by atoms with E-state index in [2.05, 4.69) is 0 Å². The van der Waals surface area contributed by atoms with Crippen molar-refractivity contribution in [3.63, 3.8) is 0 Å². The van der Waals surface area contributed by atoms with Crippen LogP contribution in [0, 0.1) is 5.92 Å². The molecule has 4 nitrogen and oxygen atoms in total. The molecule has 0 aliphatic carbocycles. The lowest BCUT2D eigenvalue weighted by Crippen LogP contribution is -2.13. The number of fused-ring (bicyclic) bond motifs is 1. The van der Waals surface area contributed by atoms with Gasteiger partial charge in [0.25, 0.3) is 0 Å². The summed E-state index contributed by atoms with van der Waals surface area (Å²) in [5.41, 5.74) is 1.17. The molecule has 0 radical (unpaired) electrons. The summed E-state index contributed by atoms with van der Waals surface area (Å²) in [5, 5.41) is 0. The molecule has 1 unspecified atom stereocenters. The Hall–Kier alpha value is -1.23. The summed E-state index contributed by atoms with van der Waals surface area (Å²) in [6, 6.07) is 5.87. The van der Waals surface area contributed by atoms with E-state index in [0.29, 0.717) is 25.4 Å². The number of ether oxygens (including phenoxy) is 2. The van der Waals surface area contributed by atoms with Crippen LogP contribution in [0.3, 0.4) is 0 Å². The number of sulfone groups is 1. The summed E-state index contributed by atoms with van der Waals surface area (Å²) in [4.78, 5) is 0. The van der Waals surface area contributed by atoms with Gasteiger partial charge in [0.05, 0.1) is 24.7 Å². The van der Waals surface area contributed by atoms with Gasteiger partial charge >= 0.3 is 0 Å². The van der Waals surface area contributed by atoms with Gasteiger partial charge in [-0.05, 0) is 12.5 Å². The third-order valence-electron chi connectivity index (χ3n) is 3.48. The lowest BCUT2D eigenvalue weighted by Gasteiger charge is -2.13. The second-order valence-electron chi connectivity index (χ2n) is 4.92. The summed E-state index contributed by atoms with van der Waals surface area (Å²) in [6.07, 6.45) is 1.63. The van der Waals surface area contributed by atoms with Gasteiger partial charge in [-0.15, -0.1) is 0 Å². The van der Waals surface area contributed by atoms with Gasteiger partial charge in [0.15, 0.2) is 21.3 Å². The maximum absolute atomic E-state index is 11.4. The molecule has 1 fully saturated rings. The molecule has 18 heavy (non-hydrogen) atoms. The molecule has 2 heterocycles. The van der Waals surface area contributed by atoms with Gasteiger partial charge in [0, 0.05) is 17.9 Å². The van der Waals surface area contributed by atoms with Crippen molar-refractivity contribution in [2.45, 2.75) is 12.8 Å². The van der Waals surface area contributed by atoms with Crippen molar-refractivity contribution in [3.8, 4) is 11.5 Å². The quantitative estimate of drug-likeness (QED) is 0.832. The Balaban J connectivity index is 1.66. The molecule has 1 aromatic carbocycles. The van der Waals surface area contributed by atoms with Crippen LogP contribution in [-0.4, -0.2) is 33.1 Å². The molecule has 5 heteroatoms. The minimum Gasteiger partial charge on any atom is -0.489 e. The summed E-state index contributed by atoms with van der Waals surface area (Å²) >= 11 is 0. The van der Waals surface area contributed by atoms with Crippen molar-refractivity contribution in [2.24, 2.45) is 5.92 Å². The molecule has 0 N–H and O–H groups in total. The highest BCUT2D eigenvalue weighted by Gasteiger charge is 2.28. The van der Waals surface area contributed by atoms with E-state index < -0.39 is 9.84 Å². The number of para-hydroxylation sites is 1. The van der Waals surface area contributed by atoms with Gasteiger partial charge in [-0.1, -0.05) is 12.1 Å². The van der Waals surface area contributed by atoms with Gasteiger partial charge in [0.2, 0.25) is 0 Å². The Kier molecular flexibility index (Phi) is 2.93. The molecule has 1 saturated heterocycles. The zero-order valence-corrected chi connectivity index (χ0v) is 10.9. The van der Waals surface area contributed by atoms with Gasteiger partial charge in [-0.3, -0.25) is 0 Å². The molecular formula is C13H16O4S. The highest BCUT2D eigenvalue weighted by Crippen LogP contribution is 2.35. The smallest absolute Gasteiger partial charge is 0.164 e. The zero-order chi connectivity index (χ0) is 12.6. The summed E-state index contributed by atoms with van der Waals surface area (Å²) in [7, 11) is -2.82. The fourth-order valence-electron chi connectivity index (χ4n) is 2.51. The van der Waals surface area contributed by atoms with Crippen molar-refractivity contribution < 1.29 is 17.9 Å². The number of hydrogen-bond donors (Lipinski definition) is 0. The second-order valence-corrected chi connectivity index (χ2v) is 7.15. The monoisotopic (exact) mass is 268 g/mol. The summed E-state index contributed by atoms with van der Waals surface area (Å²) in [5.74, 6) is 2.24. The SMILES string of the molecule is O=S1(=O)CCC(COc2cccc3c2OCC3)C1. The molecule has 0 bridgehead atoms. The van der Waals surface area contributed by atoms with E-state index in [1.54, 1.807) is 0 Å². The largest absolute Gasteiger partial charge is 0.489 e. The van der Waals surface area contributed by atoms with Gasteiger partial charge in [-0.2, -0.15) is 0 Å². The maximum atomic E-state index is 11.4. The van der Waals surface area contributed by atoms with Gasteiger partial charge < -0.3 is 9.47 Å². The molecule has 0 aromatic heterocycles. The predicted octanol–water partition coefficient (Wildman–Crippen LogP) is 1.44. The van der Waals surface area contributed by atoms with Crippen LogP contribution in [0.1, 0.15) is 12.0 Å². The van der Waals surface area contributed by atoms with Gasteiger partial charge in [0.1, 0.15) is 0 Å². The molecular weight excluding hydrogens is 252 g/mol. The molecule has 98 valence electrons. The topological polar surface area (TPSA) is 52.6 Å². The molecule has 0 amide bonds. The van der Waals surface area contributed by atoms with Crippen LogP contribution in [0.25, 0.3) is 0 Å². The van der Waals surface area contributed by atoms with Crippen LogP contribution in [0.15, 0.2) is 18.2 Å². The first-order valence-electron chi connectivity index (χ1n) is 6.22. The molecule has 2 aliphatic heterocycles. The molecule has 2 aliphatic rings. The first-order valence-corrected chi connectivity index (χ1v) is 8.04. The van der Waals surface area contributed by atoms with Crippen molar-refractivity contribution in [3.05, 3.63) is 23.8 Å². The van der Waals surface area contributed by atoms with E-state index in [-0.39, 0.29) is 11.7 Å². The second kappa shape index (κ2) is 4.46. The van der Waals surface area contributed by atoms with Crippen molar-refractivity contribution in [1.82, 2.24) is 0 Å². The minimum absolute atomic E-state index is 0.118. The molecule has 1 aromatic rings. The number of benzene rings is 1. The molecule has 0 saturated carbocycles. The molecule has 1 atom stereocenters. The average molecular weight is 268 g/mol. The highest BCUT2D eigenvalue weighted by atomic mass is 32.2. The average Bonchev–Trinajstić information content (AvgIpc) is 2.92.